The van der Waals surface area contributed by atoms with Crippen LogP contribution in [0.2, 0.25) is 0 Å². The van der Waals surface area contributed by atoms with Crippen LogP contribution in [0.5, 0.6) is 0 Å². The topological polar surface area (TPSA) is 152 Å². The minimum absolute atomic E-state index is 0.211. The molecule has 0 aliphatic carbocycles. The van der Waals surface area contributed by atoms with E-state index in [1.165, 1.54) is 83.5 Å². The quantitative estimate of drug-likeness (QED) is 0.0512. The number of hydrogen-bond donors (Lipinski definition) is 4. The summed E-state index contributed by atoms with van der Waals surface area (Å²) in [5.74, 6) is -0.807. The summed E-state index contributed by atoms with van der Waals surface area (Å²) in [5, 5.41) is 39.8. The van der Waals surface area contributed by atoms with Crippen LogP contribution in [0.1, 0.15) is 162 Å². The minimum Gasteiger partial charge on any atom is -0.462 e. The Morgan fingerprint density at radius 3 is 1.48 bits per heavy atom. The second kappa shape index (κ2) is 28.7. The highest BCUT2D eigenvalue weighted by atomic mass is 16.7. The highest BCUT2D eigenvalue weighted by Crippen LogP contribution is 2.22. The van der Waals surface area contributed by atoms with Crippen LogP contribution in [-0.2, 0) is 28.5 Å². The number of aliphatic hydroxyl groups is 4. The van der Waals surface area contributed by atoms with Crippen LogP contribution >= 0.6 is 0 Å². The molecule has 1 saturated heterocycles. The molecule has 0 aromatic rings. The normalized spacial score (nSPS) is 22.1. The number of aliphatic hydroxyl groups excluding tert-OH is 4. The van der Waals surface area contributed by atoms with E-state index in [0.29, 0.717) is 6.42 Å². The molecule has 1 heterocycles. The van der Waals surface area contributed by atoms with Crippen molar-refractivity contribution in [2.75, 3.05) is 19.8 Å². The fourth-order valence-electron chi connectivity index (χ4n) is 5.72. The fraction of sp³-hybridized carbons (Fsp3) is 0.944. The zero-order valence-electron chi connectivity index (χ0n) is 29.1. The van der Waals surface area contributed by atoms with Gasteiger partial charge in [-0.05, 0) is 12.8 Å². The predicted molar refractivity (Wildman–Crippen MR) is 178 cm³/mol. The first-order valence-corrected chi connectivity index (χ1v) is 18.6. The molecule has 0 aromatic heterocycles. The molecule has 272 valence electrons. The fourth-order valence-corrected chi connectivity index (χ4v) is 5.72. The van der Waals surface area contributed by atoms with Gasteiger partial charge in [0.15, 0.2) is 12.4 Å². The Morgan fingerprint density at radius 1 is 0.587 bits per heavy atom. The summed E-state index contributed by atoms with van der Waals surface area (Å²) in [6.07, 6.45) is 17.1. The summed E-state index contributed by atoms with van der Waals surface area (Å²) in [4.78, 5) is 25.0. The maximum atomic E-state index is 12.6. The Morgan fingerprint density at radius 2 is 1.02 bits per heavy atom. The van der Waals surface area contributed by atoms with Gasteiger partial charge in [-0.15, -0.1) is 0 Å². The molecular formula is C36H68O10. The van der Waals surface area contributed by atoms with Crippen molar-refractivity contribution in [3.63, 3.8) is 0 Å². The maximum Gasteiger partial charge on any atom is 0.306 e. The van der Waals surface area contributed by atoms with Crippen LogP contribution in [0.15, 0.2) is 0 Å². The Kier molecular flexibility index (Phi) is 26.6. The third-order valence-corrected chi connectivity index (χ3v) is 8.74. The van der Waals surface area contributed by atoms with Crippen molar-refractivity contribution in [1.82, 2.24) is 0 Å². The monoisotopic (exact) mass is 660 g/mol. The molecule has 1 aliphatic rings. The first-order chi connectivity index (χ1) is 22.3. The van der Waals surface area contributed by atoms with Crippen LogP contribution in [0.4, 0.5) is 0 Å². The van der Waals surface area contributed by atoms with Gasteiger partial charge in [0.25, 0.3) is 0 Å². The second-order valence-corrected chi connectivity index (χ2v) is 13.0. The second-order valence-electron chi connectivity index (χ2n) is 13.0. The maximum absolute atomic E-state index is 12.6. The summed E-state index contributed by atoms with van der Waals surface area (Å²) < 4.78 is 22.0. The molecule has 6 unspecified atom stereocenters. The number of carbonyl (C=O) groups is 2. The summed E-state index contributed by atoms with van der Waals surface area (Å²) in [6.45, 7) is 3.36. The van der Waals surface area contributed by atoms with Gasteiger partial charge >= 0.3 is 11.9 Å². The first kappa shape index (κ1) is 42.7. The van der Waals surface area contributed by atoms with Crippen LogP contribution in [0.3, 0.4) is 0 Å². The Labute approximate surface area is 278 Å². The number of ether oxygens (including phenoxy) is 4. The molecule has 1 rings (SSSR count). The molecule has 0 aromatic carbocycles. The zero-order valence-corrected chi connectivity index (χ0v) is 29.1. The van der Waals surface area contributed by atoms with Crippen LogP contribution in [-0.4, -0.2) is 89.0 Å². The van der Waals surface area contributed by atoms with E-state index in [1.54, 1.807) is 0 Å². The van der Waals surface area contributed by atoms with Gasteiger partial charge < -0.3 is 39.4 Å². The Balaban J connectivity index is 2.38. The highest BCUT2D eigenvalue weighted by molar-refractivity contribution is 5.70. The third-order valence-electron chi connectivity index (χ3n) is 8.74. The molecular weight excluding hydrogens is 592 g/mol. The molecule has 0 bridgehead atoms. The van der Waals surface area contributed by atoms with Gasteiger partial charge in [-0.3, -0.25) is 9.59 Å². The van der Waals surface area contributed by atoms with E-state index in [9.17, 15) is 30.0 Å². The lowest BCUT2D eigenvalue weighted by molar-refractivity contribution is -0.305. The van der Waals surface area contributed by atoms with Crippen molar-refractivity contribution in [2.45, 2.75) is 198 Å². The van der Waals surface area contributed by atoms with E-state index in [1.807, 2.05) is 0 Å². The van der Waals surface area contributed by atoms with E-state index >= 15 is 0 Å². The van der Waals surface area contributed by atoms with Crippen molar-refractivity contribution in [1.29, 1.82) is 0 Å². The van der Waals surface area contributed by atoms with Gasteiger partial charge in [-0.2, -0.15) is 0 Å². The standard InChI is InChI=1S/C36H68O10/c1-3-5-7-9-11-12-13-14-15-16-17-19-21-23-25-32(39)45-29(27-43-31(38)24-22-20-18-10-8-6-4-2)28-44-36-35(42)34(41)33(40)30(26-37)46-36/h29-30,33-37,40-42H,3-28H2,1-2H3. The minimum atomic E-state index is -1.59. The van der Waals surface area contributed by atoms with Crippen LogP contribution in [0.25, 0.3) is 0 Å². The molecule has 4 N–H and O–H groups in total. The van der Waals surface area contributed by atoms with E-state index in [-0.39, 0.29) is 32.0 Å². The van der Waals surface area contributed by atoms with Gasteiger partial charge in [0.1, 0.15) is 31.0 Å². The average Bonchev–Trinajstić information content (AvgIpc) is 3.05. The molecule has 1 aliphatic heterocycles. The molecule has 0 saturated carbocycles. The highest BCUT2D eigenvalue weighted by Gasteiger charge is 2.44. The summed E-state index contributed by atoms with van der Waals surface area (Å²) in [7, 11) is 0. The van der Waals surface area contributed by atoms with Gasteiger partial charge in [0.05, 0.1) is 13.2 Å². The van der Waals surface area contributed by atoms with Crippen molar-refractivity contribution in [2.24, 2.45) is 0 Å². The molecule has 0 spiro atoms. The molecule has 10 nitrogen and oxygen atoms in total. The lowest BCUT2D eigenvalue weighted by Gasteiger charge is -2.39. The zero-order chi connectivity index (χ0) is 33.8. The third kappa shape index (κ3) is 20.8. The number of unbranched alkanes of at least 4 members (excludes halogenated alkanes) is 19. The Bertz CT molecular complexity index is 734. The molecule has 1 fully saturated rings. The number of hydrogen-bond acceptors (Lipinski definition) is 10. The van der Waals surface area contributed by atoms with Crippen molar-refractivity contribution in [3.05, 3.63) is 0 Å². The molecule has 0 amide bonds. The smallest absolute Gasteiger partial charge is 0.306 e. The SMILES string of the molecule is CCCCCCCCCCCCCCCCC(=O)OC(COC(=O)CCCCCCCCC)COC1OC(CO)C(O)C(O)C1O. The molecule has 0 radical (unpaired) electrons. The Hall–Kier alpha value is -1.30. The van der Waals surface area contributed by atoms with E-state index in [0.717, 1.165) is 44.9 Å². The molecule has 6 atom stereocenters. The average molecular weight is 661 g/mol. The summed E-state index contributed by atoms with van der Waals surface area (Å²) in [6, 6.07) is 0. The van der Waals surface area contributed by atoms with Crippen LogP contribution < -0.4 is 0 Å². The lowest BCUT2D eigenvalue weighted by Crippen LogP contribution is -2.59. The number of rotatable bonds is 30. The summed E-state index contributed by atoms with van der Waals surface area (Å²) in [5.41, 5.74) is 0. The van der Waals surface area contributed by atoms with E-state index in [2.05, 4.69) is 13.8 Å². The summed E-state index contributed by atoms with van der Waals surface area (Å²) >= 11 is 0. The number of esters is 2. The van der Waals surface area contributed by atoms with Crippen molar-refractivity contribution >= 4 is 11.9 Å². The van der Waals surface area contributed by atoms with Gasteiger partial charge in [0, 0.05) is 12.8 Å². The molecule has 46 heavy (non-hydrogen) atoms. The van der Waals surface area contributed by atoms with Gasteiger partial charge in [-0.25, -0.2) is 0 Å². The lowest BCUT2D eigenvalue weighted by atomic mass is 9.99. The van der Waals surface area contributed by atoms with Crippen LogP contribution in [0, 0.1) is 0 Å². The van der Waals surface area contributed by atoms with E-state index in [4.69, 9.17) is 18.9 Å². The predicted octanol–water partition coefficient (Wildman–Crippen LogP) is 6.27. The van der Waals surface area contributed by atoms with Gasteiger partial charge in [-0.1, -0.05) is 136 Å². The van der Waals surface area contributed by atoms with E-state index < -0.39 is 49.4 Å². The van der Waals surface area contributed by atoms with Crippen molar-refractivity contribution in [3.8, 4) is 0 Å². The van der Waals surface area contributed by atoms with Crippen molar-refractivity contribution < 1.29 is 49.0 Å². The largest absolute Gasteiger partial charge is 0.462 e. The van der Waals surface area contributed by atoms with Gasteiger partial charge in [0.2, 0.25) is 0 Å². The number of carbonyl (C=O) groups excluding carboxylic acids is 2. The first-order valence-electron chi connectivity index (χ1n) is 18.6. The molecule has 10 heteroatoms.